The lowest BCUT2D eigenvalue weighted by Crippen LogP contribution is -2.32. The molecule has 0 aliphatic carbocycles. The van der Waals surface area contributed by atoms with Crippen LogP contribution in [-0.2, 0) is 9.53 Å². The summed E-state index contributed by atoms with van der Waals surface area (Å²) in [4.78, 5) is 12.7. The molecule has 0 fully saturated rings. The van der Waals surface area contributed by atoms with E-state index in [1.165, 1.54) is 0 Å². The summed E-state index contributed by atoms with van der Waals surface area (Å²) in [5.74, 6) is 0.581. The molecule has 3 aromatic carbocycles. The molecule has 0 heterocycles. The van der Waals surface area contributed by atoms with Gasteiger partial charge >= 0.3 is 0 Å². The number of amides is 1. The van der Waals surface area contributed by atoms with Gasteiger partial charge in [-0.05, 0) is 30.5 Å². The van der Waals surface area contributed by atoms with Gasteiger partial charge in [-0.1, -0.05) is 48.5 Å². The van der Waals surface area contributed by atoms with Crippen LogP contribution in [0.2, 0.25) is 0 Å². The molecule has 2 N–H and O–H groups in total. The zero-order valence-electron chi connectivity index (χ0n) is 15.6. The minimum absolute atomic E-state index is 0.113. The lowest BCUT2D eigenvalue weighted by molar-refractivity contribution is -0.116. The number of para-hydroxylation sites is 2. The predicted molar refractivity (Wildman–Crippen MR) is 109 cm³/mol. The molecule has 140 valence electrons. The lowest BCUT2D eigenvalue weighted by atomic mass is 10.1. The fourth-order valence-electron chi connectivity index (χ4n) is 2.82. The first-order chi connectivity index (χ1) is 13.2. The number of benzene rings is 3. The van der Waals surface area contributed by atoms with Gasteiger partial charge in [-0.15, -0.1) is 0 Å². The molecule has 1 atom stereocenters. The monoisotopic (exact) mass is 364 g/mol. The van der Waals surface area contributed by atoms with E-state index in [0.29, 0.717) is 19.0 Å². The molecule has 0 spiro atoms. The van der Waals surface area contributed by atoms with Gasteiger partial charge in [0.15, 0.2) is 0 Å². The molecular weight excluding hydrogens is 340 g/mol. The van der Waals surface area contributed by atoms with Gasteiger partial charge in [0, 0.05) is 18.2 Å². The van der Waals surface area contributed by atoms with E-state index in [9.17, 15) is 4.79 Å². The van der Waals surface area contributed by atoms with E-state index < -0.39 is 6.04 Å². The van der Waals surface area contributed by atoms with E-state index in [1.807, 2.05) is 73.7 Å². The van der Waals surface area contributed by atoms with Crippen molar-refractivity contribution >= 4 is 28.1 Å². The second-order valence-corrected chi connectivity index (χ2v) is 6.22. The van der Waals surface area contributed by atoms with Crippen molar-refractivity contribution in [2.24, 2.45) is 0 Å². The van der Waals surface area contributed by atoms with E-state index in [4.69, 9.17) is 9.47 Å². The SMILES string of the molecule is COCCOc1ccccc1NC(C)C(=O)Nc1cccc2ccccc12. The Morgan fingerprint density at radius 3 is 2.48 bits per heavy atom. The van der Waals surface area contributed by atoms with Gasteiger partial charge in [0.05, 0.1) is 12.3 Å². The topological polar surface area (TPSA) is 59.6 Å². The van der Waals surface area contributed by atoms with E-state index in [1.54, 1.807) is 7.11 Å². The average Bonchev–Trinajstić information content (AvgIpc) is 2.69. The van der Waals surface area contributed by atoms with Crippen molar-refractivity contribution in [3.05, 3.63) is 66.7 Å². The van der Waals surface area contributed by atoms with Crippen molar-refractivity contribution in [3.63, 3.8) is 0 Å². The molecule has 5 nitrogen and oxygen atoms in total. The van der Waals surface area contributed by atoms with E-state index >= 15 is 0 Å². The highest BCUT2D eigenvalue weighted by Gasteiger charge is 2.15. The number of methoxy groups -OCH3 is 1. The Balaban J connectivity index is 1.69. The fraction of sp³-hybridized carbons (Fsp3) is 0.227. The van der Waals surface area contributed by atoms with Crippen LogP contribution in [0.4, 0.5) is 11.4 Å². The first-order valence-corrected chi connectivity index (χ1v) is 8.95. The van der Waals surface area contributed by atoms with Crippen LogP contribution >= 0.6 is 0 Å². The van der Waals surface area contributed by atoms with Gasteiger partial charge in [-0.3, -0.25) is 4.79 Å². The summed E-state index contributed by atoms with van der Waals surface area (Å²) in [6.45, 7) is 2.78. The third kappa shape index (κ3) is 4.77. The summed E-state index contributed by atoms with van der Waals surface area (Å²) in [7, 11) is 1.63. The molecule has 0 saturated carbocycles. The summed E-state index contributed by atoms with van der Waals surface area (Å²) in [5.41, 5.74) is 1.57. The van der Waals surface area contributed by atoms with E-state index in [2.05, 4.69) is 10.6 Å². The number of carbonyl (C=O) groups is 1. The van der Waals surface area contributed by atoms with Crippen LogP contribution in [0, 0.1) is 0 Å². The van der Waals surface area contributed by atoms with E-state index in [0.717, 1.165) is 22.1 Å². The first kappa shape index (κ1) is 18.7. The predicted octanol–water partition coefficient (Wildman–Crippen LogP) is 4.30. The Morgan fingerprint density at radius 2 is 1.63 bits per heavy atom. The van der Waals surface area contributed by atoms with Crippen LogP contribution in [0.5, 0.6) is 5.75 Å². The van der Waals surface area contributed by atoms with Crippen LogP contribution in [0.3, 0.4) is 0 Å². The quantitative estimate of drug-likeness (QED) is 0.585. The number of rotatable bonds is 8. The lowest BCUT2D eigenvalue weighted by Gasteiger charge is -2.18. The summed E-state index contributed by atoms with van der Waals surface area (Å²) in [5, 5.41) is 8.35. The summed E-state index contributed by atoms with van der Waals surface area (Å²) >= 11 is 0. The molecule has 0 aromatic heterocycles. The van der Waals surface area contributed by atoms with Crippen LogP contribution in [0.1, 0.15) is 6.92 Å². The number of nitrogens with one attached hydrogen (secondary N) is 2. The third-order valence-electron chi connectivity index (χ3n) is 4.24. The van der Waals surface area contributed by atoms with Crippen LogP contribution in [0.25, 0.3) is 10.8 Å². The Hall–Kier alpha value is -3.05. The van der Waals surface area contributed by atoms with Crippen molar-refractivity contribution in [2.75, 3.05) is 31.0 Å². The number of fused-ring (bicyclic) bond motifs is 1. The molecule has 27 heavy (non-hydrogen) atoms. The summed E-state index contributed by atoms with van der Waals surface area (Å²) < 4.78 is 10.7. The zero-order valence-corrected chi connectivity index (χ0v) is 15.6. The number of ether oxygens (including phenoxy) is 2. The highest BCUT2D eigenvalue weighted by atomic mass is 16.5. The Labute approximate surface area is 159 Å². The van der Waals surface area contributed by atoms with Gasteiger partial charge in [-0.2, -0.15) is 0 Å². The Bertz CT molecular complexity index is 905. The number of hydrogen-bond donors (Lipinski definition) is 2. The maximum absolute atomic E-state index is 12.7. The van der Waals surface area contributed by atoms with Gasteiger partial charge in [0.1, 0.15) is 18.4 Å². The maximum atomic E-state index is 12.7. The molecule has 1 unspecified atom stereocenters. The Kier molecular flexibility index (Phi) is 6.28. The Morgan fingerprint density at radius 1 is 0.926 bits per heavy atom. The number of carbonyl (C=O) groups excluding carboxylic acids is 1. The minimum atomic E-state index is -0.434. The van der Waals surface area contributed by atoms with Crippen molar-refractivity contribution in [1.82, 2.24) is 0 Å². The largest absolute Gasteiger partial charge is 0.489 e. The summed E-state index contributed by atoms with van der Waals surface area (Å²) in [6.07, 6.45) is 0. The molecule has 1 amide bonds. The van der Waals surface area contributed by atoms with Crippen molar-refractivity contribution in [1.29, 1.82) is 0 Å². The molecule has 3 aromatic rings. The third-order valence-corrected chi connectivity index (χ3v) is 4.24. The van der Waals surface area contributed by atoms with Gasteiger partial charge in [0.2, 0.25) is 5.91 Å². The number of anilines is 2. The number of hydrogen-bond acceptors (Lipinski definition) is 4. The summed E-state index contributed by atoms with van der Waals surface area (Å²) in [6, 6.07) is 21.0. The van der Waals surface area contributed by atoms with Gasteiger partial charge < -0.3 is 20.1 Å². The fourth-order valence-corrected chi connectivity index (χ4v) is 2.82. The second kappa shape index (κ2) is 9.05. The molecular formula is C22H24N2O3. The molecule has 5 heteroatoms. The van der Waals surface area contributed by atoms with Gasteiger partial charge in [0.25, 0.3) is 0 Å². The second-order valence-electron chi connectivity index (χ2n) is 6.22. The highest BCUT2D eigenvalue weighted by molar-refractivity contribution is 6.04. The first-order valence-electron chi connectivity index (χ1n) is 8.95. The average molecular weight is 364 g/mol. The molecule has 3 rings (SSSR count). The highest BCUT2D eigenvalue weighted by Crippen LogP contribution is 2.26. The van der Waals surface area contributed by atoms with Crippen molar-refractivity contribution in [2.45, 2.75) is 13.0 Å². The maximum Gasteiger partial charge on any atom is 0.246 e. The molecule has 0 radical (unpaired) electrons. The van der Waals surface area contributed by atoms with E-state index in [-0.39, 0.29) is 5.91 Å². The molecule has 0 saturated heterocycles. The van der Waals surface area contributed by atoms with Crippen molar-refractivity contribution in [3.8, 4) is 5.75 Å². The van der Waals surface area contributed by atoms with Crippen LogP contribution in [-0.4, -0.2) is 32.3 Å². The van der Waals surface area contributed by atoms with Gasteiger partial charge in [-0.25, -0.2) is 0 Å². The minimum Gasteiger partial charge on any atom is -0.489 e. The molecule has 0 aliphatic rings. The normalized spacial score (nSPS) is 11.8. The van der Waals surface area contributed by atoms with Crippen LogP contribution < -0.4 is 15.4 Å². The smallest absolute Gasteiger partial charge is 0.246 e. The standard InChI is InChI=1S/C22H24N2O3/c1-16(23-20-11-5-6-13-21(20)27-15-14-26-2)22(25)24-19-12-7-9-17-8-3-4-10-18(17)19/h3-13,16,23H,14-15H2,1-2H3,(H,24,25). The molecule has 0 bridgehead atoms. The molecule has 0 aliphatic heterocycles. The zero-order chi connectivity index (χ0) is 19.1. The van der Waals surface area contributed by atoms with Crippen molar-refractivity contribution < 1.29 is 14.3 Å². The van der Waals surface area contributed by atoms with Crippen LogP contribution in [0.15, 0.2) is 66.7 Å².